The highest BCUT2D eigenvalue weighted by atomic mass is 79.9. The van der Waals surface area contributed by atoms with Crippen molar-refractivity contribution in [3.8, 4) is 11.3 Å². The van der Waals surface area contributed by atoms with Crippen molar-refractivity contribution in [2.45, 2.75) is 6.61 Å². The first-order valence-corrected chi connectivity index (χ1v) is 6.70. The second kappa shape index (κ2) is 5.02. The summed E-state index contributed by atoms with van der Waals surface area (Å²) < 4.78 is 0.720. The predicted molar refractivity (Wildman–Crippen MR) is 71.2 cm³/mol. The SMILES string of the molecule is OCc1sc(Br)nc1-c1ccc(Cl)cc1Cl. The Morgan fingerprint density at radius 1 is 1.38 bits per heavy atom. The van der Waals surface area contributed by atoms with Crippen LogP contribution in [0.4, 0.5) is 0 Å². The van der Waals surface area contributed by atoms with Gasteiger partial charge in [-0.05, 0) is 34.1 Å². The lowest BCUT2D eigenvalue weighted by atomic mass is 10.1. The van der Waals surface area contributed by atoms with Crippen LogP contribution in [-0.4, -0.2) is 10.1 Å². The third-order valence-corrected chi connectivity index (χ3v) is 4.04. The van der Waals surface area contributed by atoms with E-state index in [1.807, 2.05) is 0 Å². The molecule has 2 rings (SSSR count). The molecule has 0 aliphatic heterocycles. The van der Waals surface area contributed by atoms with E-state index < -0.39 is 0 Å². The van der Waals surface area contributed by atoms with Gasteiger partial charge in [0.25, 0.3) is 0 Å². The molecule has 0 bridgehead atoms. The Bertz CT molecular complexity index is 530. The number of aromatic nitrogens is 1. The second-order valence-corrected chi connectivity index (χ2v) is 6.22. The number of thiazole rings is 1. The van der Waals surface area contributed by atoms with Crippen LogP contribution in [0, 0.1) is 0 Å². The van der Waals surface area contributed by atoms with Crippen LogP contribution in [0.2, 0.25) is 10.0 Å². The molecule has 0 amide bonds. The number of aliphatic hydroxyl groups is 1. The number of hydrogen-bond acceptors (Lipinski definition) is 3. The first kappa shape index (κ1) is 12.3. The molecule has 16 heavy (non-hydrogen) atoms. The van der Waals surface area contributed by atoms with Crippen molar-refractivity contribution < 1.29 is 5.11 Å². The van der Waals surface area contributed by atoms with E-state index in [9.17, 15) is 5.11 Å². The molecule has 0 atom stereocenters. The molecule has 0 radical (unpaired) electrons. The summed E-state index contributed by atoms with van der Waals surface area (Å²) in [6.45, 7) is -0.0580. The van der Waals surface area contributed by atoms with Crippen LogP contribution in [0.5, 0.6) is 0 Å². The number of rotatable bonds is 2. The Labute approximate surface area is 115 Å². The lowest BCUT2D eigenvalue weighted by molar-refractivity contribution is 0.286. The molecule has 0 aliphatic carbocycles. The molecule has 2 aromatic rings. The van der Waals surface area contributed by atoms with Crippen LogP contribution in [0.3, 0.4) is 0 Å². The number of nitrogens with zero attached hydrogens (tertiary/aromatic N) is 1. The van der Waals surface area contributed by atoms with Gasteiger partial charge in [-0.3, -0.25) is 0 Å². The van der Waals surface area contributed by atoms with Gasteiger partial charge in [0.2, 0.25) is 0 Å². The van der Waals surface area contributed by atoms with Crippen molar-refractivity contribution in [1.29, 1.82) is 0 Å². The zero-order chi connectivity index (χ0) is 11.7. The summed E-state index contributed by atoms with van der Waals surface area (Å²) in [7, 11) is 0. The molecule has 84 valence electrons. The normalized spacial score (nSPS) is 10.8. The van der Waals surface area contributed by atoms with E-state index in [1.165, 1.54) is 11.3 Å². The molecule has 0 saturated carbocycles. The van der Waals surface area contributed by atoms with E-state index >= 15 is 0 Å². The maximum absolute atomic E-state index is 9.22. The van der Waals surface area contributed by atoms with Crippen molar-refractivity contribution in [2.75, 3.05) is 0 Å². The molecule has 1 N–H and O–H groups in total. The zero-order valence-corrected chi connectivity index (χ0v) is 11.8. The number of benzene rings is 1. The zero-order valence-electron chi connectivity index (χ0n) is 7.88. The Balaban J connectivity index is 2.57. The average molecular weight is 339 g/mol. The molecule has 0 fully saturated rings. The highest BCUT2D eigenvalue weighted by Crippen LogP contribution is 2.36. The summed E-state index contributed by atoms with van der Waals surface area (Å²) in [5.74, 6) is 0. The second-order valence-electron chi connectivity index (χ2n) is 3.02. The molecule has 6 heteroatoms. The maximum atomic E-state index is 9.22. The molecule has 1 aromatic carbocycles. The van der Waals surface area contributed by atoms with Gasteiger partial charge in [-0.2, -0.15) is 0 Å². The minimum absolute atomic E-state index is 0.0580. The van der Waals surface area contributed by atoms with Crippen LogP contribution < -0.4 is 0 Å². The standard InChI is InChI=1S/C10H6BrCl2NOS/c11-10-14-9(8(4-15)16-10)6-2-1-5(12)3-7(6)13/h1-3,15H,4H2. The van der Waals surface area contributed by atoms with E-state index in [0.717, 1.165) is 14.4 Å². The molecule has 2 nitrogen and oxygen atoms in total. The fourth-order valence-electron chi connectivity index (χ4n) is 1.32. The molecule has 0 saturated heterocycles. The summed E-state index contributed by atoms with van der Waals surface area (Å²) in [6.07, 6.45) is 0. The quantitative estimate of drug-likeness (QED) is 0.881. The molecule has 0 spiro atoms. The minimum Gasteiger partial charge on any atom is -0.391 e. The minimum atomic E-state index is -0.0580. The Morgan fingerprint density at radius 3 is 2.75 bits per heavy atom. The van der Waals surface area contributed by atoms with Crippen molar-refractivity contribution in [2.24, 2.45) is 0 Å². The topological polar surface area (TPSA) is 33.1 Å². The fourth-order valence-corrected chi connectivity index (χ4v) is 3.24. The fraction of sp³-hybridized carbons (Fsp3) is 0.100. The summed E-state index contributed by atoms with van der Waals surface area (Å²) >= 11 is 16.6. The maximum Gasteiger partial charge on any atom is 0.160 e. The van der Waals surface area contributed by atoms with Crippen LogP contribution in [0.25, 0.3) is 11.3 Å². The van der Waals surface area contributed by atoms with Crippen molar-refractivity contribution >= 4 is 50.5 Å². The lowest BCUT2D eigenvalue weighted by Crippen LogP contribution is -1.86. The van der Waals surface area contributed by atoms with Gasteiger partial charge in [0, 0.05) is 10.6 Å². The Morgan fingerprint density at radius 2 is 2.12 bits per heavy atom. The van der Waals surface area contributed by atoms with E-state index in [2.05, 4.69) is 20.9 Å². The van der Waals surface area contributed by atoms with E-state index in [0.29, 0.717) is 15.7 Å². The molecule has 0 unspecified atom stereocenters. The molecule has 0 aliphatic rings. The van der Waals surface area contributed by atoms with Crippen LogP contribution in [0.15, 0.2) is 22.1 Å². The van der Waals surface area contributed by atoms with Crippen LogP contribution in [0.1, 0.15) is 4.88 Å². The average Bonchev–Trinajstić information content (AvgIpc) is 2.59. The summed E-state index contributed by atoms with van der Waals surface area (Å²) in [4.78, 5) is 5.06. The predicted octanol–water partition coefficient (Wildman–Crippen LogP) is 4.37. The van der Waals surface area contributed by atoms with Gasteiger partial charge in [0.05, 0.1) is 22.2 Å². The van der Waals surface area contributed by atoms with E-state index in [4.69, 9.17) is 23.2 Å². The smallest absolute Gasteiger partial charge is 0.160 e. The van der Waals surface area contributed by atoms with E-state index in [1.54, 1.807) is 18.2 Å². The Kier molecular flexibility index (Phi) is 3.87. The van der Waals surface area contributed by atoms with Gasteiger partial charge in [0.1, 0.15) is 0 Å². The molecule has 1 heterocycles. The molecular weight excluding hydrogens is 333 g/mol. The first-order valence-electron chi connectivity index (χ1n) is 4.33. The van der Waals surface area contributed by atoms with Crippen LogP contribution >= 0.6 is 50.5 Å². The highest BCUT2D eigenvalue weighted by molar-refractivity contribution is 9.11. The largest absolute Gasteiger partial charge is 0.391 e. The van der Waals surface area contributed by atoms with Gasteiger partial charge in [0.15, 0.2) is 3.92 Å². The summed E-state index contributed by atoms with van der Waals surface area (Å²) in [5.41, 5.74) is 1.47. The van der Waals surface area contributed by atoms with Gasteiger partial charge >= 0.3 is 0 Å². The third kappa shape index (κ3) is 2.41. The van der Waals surface area contributed by atoms with Gasteiger partial charge < -0.3 is 5.11 Å². The van der Waals surface area contributed by atoms with Gasteiger partial charge in [-0.1, -0.05) is 23.2 Å². The number of hydrogen-bond donors (Lipinski definition) is 1. The monoisotopic (exact) mass is 337 g/mol. The number of aliphatic hydroxyl groups excluding tert-OH is 1. The van der Waals surface area contributed by atoms with Crippen molar-refractivity contribution in [3.05, 3.63) is 37.0 Å². The first-order chi connectivity index (χ1) is 7.61. The molecular formula is C10H6BrCl2NOS. The number of halogens is 3. The van der Waals surface area contributed by atoms with Gasteiger partial charge in [-0.25, -0.2) is 4.98 Å². The van der Waals surface area contributed by atoms with Crippen molar-refractivity contribution in [1.82, 2.24) is 4.98 Å². The van der Waals surface area contributed by atoms with E-state index in [-0.39, 0.29) is 6.61 Å². The summed E-state index contributed by atoms with van der Waals surface area (Å²) in [5, 5.41) is 10.3. The third-order valence-electron chi connectivity index (χ3n) is 2.00. The highest BCUT2D eigenvalue weighted by Gasteiger charge is 2.14. The molecule has 1 aromatic heterocycles. The van der Waals surface area contributed by atoms with Crippen LogP contribution in [-0.2, 0) is 6.61 Å². The van der Waals surface area contributed by atoms with Gasteiger partial charge in [-0.15, -0.1) is 11.3 Å². The summed E-state index contributed by atoms with van der Waals surface area (Å²) in [6, 6.07) is 5.20. The lowest BCUT2D eigenvalue weighted by Gasteiger charge is -2.03. The Hall–Kier alpha value is -0.130. The van der Waals surface area contributed by atoms with Crippen molar-refractivity contribution in [3.63, 3.8) is 0 Å².